The van der Waals surface area contributed by atoms with Gasteiger partial charge in [0, 0.05) is 6.07 Å². The van der Waals surface area contributed by atoms with Crippen LogP contribution in [-0.2, 0) is 0 Å². The molecule has 2 nitrogen and oxygen atoms in total. The number of hydrogen-bond donors (Lipinski definition) is 1. The van der Waals surface area contributed by atoms with Crippen LogP contribution in [0.5, 0.6) is 0 Å². The molecule has 1 heterocycles. The first-order valence-electron chi connectivity index (χ1n) is 2.38. The maximum atomic E-state index is 12.6. The van der Waals surface area contributed by atoms with Gasteiger partial charge in [-0.15, -0.1) is 0 Å². The van der Waals surface area contributed by atoms with Crippen LogP contribution in [-0.4, -0.2) is 4.98 Å². The summed E-state index contributed by atoms with van der Waals surface area (Å²) in [5.74, 6) is -0.563. The second-order valence-electron chi connectivity index (χ2n) is 1.63. The molecule has 5 heteroatoms. The molecular formula is C5H3BrClFN2. The van der Waals surface area contributed by atoms with Gasteiger partial charge in [-0.05, 0) is 15.9 Å². The largest absolute Gasteiger partial charge is 0.394 e. The van der Waals surface area contributed by atoms with Crippen molar-refractivity contribution in [1.82, 2.24) is 4.98 Å². The maximum absolute atomic E-state index is 12.6. The molecule has 0 spiro atoms. The third-order valence-electron chi connectivity index (χ3n) is 0.930. The summed E-state index contributed by atoms with van der Waals surface area (Å²) >= 11 is 8.37. The van der Waals surface area contributed by atoms with E-state index in [0.29, 0.717) is 4.60 Å². The van der Waals surface area contributed by atoms with E-state index in [1.807, 2.05) is 0 Å². The van der Waals surface area contributed by atoms with Crippen molar-refractivity contribution < 1.29 is 4.39 Å². The Bertz CT molecular complexity index is 243. The van der Waals surface area contributed by atoms with Crippen LogP contribution in [0.4, 0.5) is 10.1 Å². The molecule has 1 aromatic rings. The van der Waals surface area contributed by atoms with Gasteiger partial charge < -0.3 is 5.73 Å². The van der Waals surface area contributed by atoms with Gasteiger partial charge in [-0.25, -0.2) is 9.37 Å². The van der Waals surface area contributed by atoms with E-state index in [1.54, 1.807) is 0 Å². The lowest BCUT2D eigenvalue weighted by molar-refractivity contribution is 0.629. The summed E-state index contributed by atoms with van der Waals surface area (Å²) < 4.78 is 12.9. The van der Waals surface area contributed by atoms with E-state index in [1.165, 1.54) is 0 Å². The van der Waals surface area contributed by atoms with Crippen molar-refractivity contribution in [3.63, 3.8) is 0 Å². The molecular weight excluding hydrogens is 222 g/mol. The topological polar surface area (TPSA) is 38.9 Å². The quantitative estimate of drug-likeness (QED) is 0.688. The van der Waals surface area contributed by atoms with Gasteiger partial charge in [0.2, 0.25) is 0 Å². The number of nitrogens with two attached hydrogens (primary N) is 1. The van der Waals surface area contributed by atoms with E-state index in [0.717, 1.165) is 6.07 Å². The Balaban J connectivity index is 3.31. The summed E-state index contributed by atoms with van der Waals surface area (Å²) in [6.07, 6.45) is 0. The molecule has 0 aliphatic carbocycles. The summed E-state index contributed by atoms with van der Waals surface area (Å²) in [6, 6.07) is 1.15. The van der Waals surface area contributed by atoms with Crippen molar-refractivity contribution in [3.05, 3.63) is 21.6 Å². The molecule has 1 rings (SSSR count). The van der Waals surface area contributed by atoms with Gasteiger partial charge in [-0.2, -0.15) is 0 Å². The SMILES string of the molecule is Nc1c(F)cc(Br)nc1Cl. The van der Waals surface area contributed by atoms with E-state index < -0.39 is 5.82 Å². The fraction of sp³-hybridized carbons (Fsp3) is 0. The molecule has 0 saturated heterocycles. The Kier molecular flexibility index (Phi) is 2.11. The summed E-state index contributed by atoms with van der Waals surface area (Å²) in [7, 11) is 0. The Morgan fingerprint density at radius 1 is 1.70 bits per heavy atom. The fourth-order valence-electron chi connectivity index (χ4n) is 0.467. The highest BCUT2D eigenvalue weighted by Gasteiger charge is 2.04. The minimum Gasteiger partial charge on any atom is -0.394 e. The minimum absolute atomic E-state index is 0.0214. The molecule has 0 fully saturated rings. The third-order valence-corrected chi connectivity index (χ3v) is 1.62. The van der Waals surface area contributed by atoms with Crippen molar-refractivity contribution >= 4 is 33.2 Å². The highest BCUT2D eigenvalue weighted by Crippen LogP contribution is 2.22. The standard InChI is InChI=1S/C5H3BrClFN2/c6-3-1-2(8)4(9)5(7)10-3/h1H,9H2. The number of rotatable bonds is 0. The minimum atomic E-state index is -0.563. The van der Waals surface area contributed by atoms with Gasteiger partial charge >= 0.3 is 0 Å². The zero-order chi connectivity index (χ0) is 7.72. The second kappa shape index (κ2) is 2.72. The van der Waals surface area contributed by atoms with Gasteiger partial charge in [-0.1, -0.05) is 11.6 Å². The molecule has 0 aliphatic rings. The van der Waals surface area contributed by atoms with Crippen molar-refractivity contribution in [3.8, 4) is 0 Å². The monoisotopic (exact) mass is 224 g/mol. The lowest BCUT2D eigenvalue weighted by Crippen LogP contribution is -1.93. The zero-order valence-electron chi connectivity index (χ0n) is 4.74. The number of halogens is 3. The van der Waals surface area contributed by atoms with Crippen LogP contribution in [0.2, 0.25) is 5.15 Å². The molecule has 54 valence electrons. The van der Waals surface area contributed by atoms with Crippen LogP contribution < -0.4 is 5.73 Å². The summed E-state index contributed by atoms with van der Waals surface area (Å²) in [4.78, 5) is 3.65. The first-order valence-corrected chi connectivity index (χ1v) is 3.55. The Morgan fingerprint density at radius 3 is 2.80 bits per heavy atom. The number of nitrogens with zero attached hydrogens (tertiary/aromatic N) is 1. The van der Waals surface area contributed by atoms with E-state index >= 15 is 0 Å². The Hall–Kier alpha value is -0.350. The number of aromatic nitrogens is 1. The van der Waals surface area contributed by atoms with E-state index in [-0.39, 0.29) is 10.8 Å². The van der Waals surface area contributed by atoms with Crippen LogP contribution in [0.1, 0.15) is 0 Å². The average molecular weight is 225 g/mol. The molecule has 0 atom stereocenters. The first-order chi connectivity index (χ1) is 4.61. The van der Waals surface area contributed by atoms with Crippen LogP contribution in [0.25, 0.3) is 0 Å². The normalized spacial score (nSPS) is 9.90. The molecule has 0 bridgehead atoms. The first kappa shape index (κ1) is 7.75. The van der Waals surface area contributed by atoms with E-state index in [4.69, 9.17) is 17.3 Å². The number of anilines is 1. The van der Waals surface area contributed by atoms with Gasteiger partial charge in [0.05, 0.1) is 0 Å². The van der Waals surface area contributed by atoms with Crippen molar-refractivity contribution in [2.45, 2.75) is 0 Å². The molecule has 10 heavy (non-hydrogen) atoms. The van der Waals surface area contributed by atoms with Gasteiger partial charge in [0.15, 0.2) is 11.0 Å². The van der Waals surface area contributed by atoms with Crippen LogP contribution in [0.3, 0.4) is 0 Å². The van der Waals surface area contributed by atoms with E-state index in [2.05, 4.69) is 20.9 Å². The Labute approximate surface area is 70.3 Å². The van der Waals surface area contributed by atoms with Gasteiger partial charge in [0.1, 0.15) is 10.3 Å². The summed E-state index contributed by atoms with van der Waals surface area (Å²) in [6.45, 7) is 0. The Morgan fingerprint density at radius 2 is 2.30 bits per heavy atom. The molecule has 0 unspecified atom stereocenters. The number of nitrogen functional groups attached to an aromatic ring is 1. The van der Waals surface area contributed by atoms with E-state index in [9.17, 15) is 4.39 Å². The molecule has 1 aromatic heterocycles. The summed E-state index contributed by atoms with van der Waals surface area (Å²) in [5.41, 5.74) is 5.04. The fourth-order valence-corrected chi connectivity index (χ4v) is 1.13. The molecule has 0 amide bonds. The number of hydrogen-bond acceptors (Lipinski definition) is 2. The molecule has 2 N–H and O–H groups in total. The highest BCUT2D eigenvalue weighted by molar-refractivity contribution is 9.10. The molecule has 0 radical (unpaired) electrons. The van der Waals surface area contributed by atoms with Crippen LogP contribution in [0.15, 0.2) is 10.7 Å². The van der Waals surface area contributed by atoms with Gasteiger partial charge in [-0.3, -0.25) is 0 Å². The average Bonchev–Trinajstić information content (AvgIpc) is 1.82. The predicted octanol–water partition coefficient (Wildman–Crippen LogP) is 2.22. The van der Waals surface area contributed by atoms with Crippen LogP contribution in [0, 0.1) is 5.82 Å². The second-order valence-corrected chi connectivity index (χ2v) is 2.80. The zero-order valence-corrected chi connectivity index (χ0v) is 7.08. The maximum Gasteiger partial charge on any atom is 0.156 e. The highest BCUT2D eigenvalue weighted by atomic mass is 79.9. The molecule has 0 saturated carbocycles. The smallest absolute Gasteiger partial charge is 0.156 e. The van der Waals surface area contributed by atoms with Crippen LogP contribution >= 0.6 is 27.5 Å². The molecule has 0 aliphatic heterocycles. The number of pyridine rings is 1. The summed E-state index contributed by atoms with van der Waals surface area (Å²) in [5, 5.41) is -0.0214. The van der Waals surface area contributed by atoms with Crippen molar-refractivity contribution in [1.29, 1.82) is 0 Å². The van der Waals surface area contributed by atoms with Gasteiger partial charge in [0.25, 0.3) is 0 Å². The van der Waals surface area contributed by atoms with Crippen molar-refractivity contribution in [2.24, 2.45) is 0 Å². The molecule has 0 aromatic carbocycles. The van der Waals surface area contributed by atoms with Crippen molar-refractivity contribution in [2.75, 3.05) is 5.73 Å². The third kappa shape index (κ3) is 1.38. The lowest BCUT2D eigenvalue weighted by atomic mass is 10.4. The lowest BCUT2D eigenvalue weighted by Gasteiger charge is -1.97. The predicted molar refractivity (Wildman–Crippen MR) is 41.3 cm³/mol.